The lowest BCUT2D eigenvalue weighted by molar-refractivity contribution is -0.146. The third kappa shape index (κ3) is 2.78. The van der Waals surface area contributed by atoms with E-state index < -0.39 is 17.9 Å². The zero-order chi connectivity index (χ0) is 14.9. The van der Waals surface area contributed by atoms with Crippen LogP contribution < -0.4 is 0 Å². The van der Waals surface area contributed by atoms with E-state index in [4.69, 9.17) is 16.6 Å². The Hall–Kier alpha value is -1.60. The van der Waals surface area contributed by atoms with Gasteiger partial charge in [-0.3, -0.25) is 9.69 Å². The van der Waals surface area contributed by atoms with Crippen LogP contribution in [0.3, 0.4) is 0 Å². The molecule has 20 heavy (non-hydrogen) atoms. The van der Waals surface area contributed by atoms with Crippen LogP contribution in [0.2, 0.25) is 0 Å². The number of carbonyl (C=O) groups excluding carboxylic acids is 1. The van der Waals surface area contributed by atoms with Gasteiger partial charge in [0.25, 0.3) is 5.91 Å². The molecule has 0 unspecified atom stereocenters. The average molecular weight is 311 g/mol. The van der Waals surface area contributed by atoms with Crippen molar-refractivity contribution >= 4 is 46.3 Å². The molecule has 1 fully saturated rings. The Kier molecular flexibility index (Phi) is 4.29. The van der Waals surface area contributed by atoms with Gasteiger partial charge < -0.3 is 9.52 Å². The van der Waals surface area contributed by atoms with Crippen molar-refractivity contribution in [3.05, 3.63) is 29.1 Å². The minimum absolute atomic E-state index is 0.238. The maximum Gasteiger partial charge on any atom is 0.327 e. The summed E-state index contributed by atoms with van der Waals surface area (Å²) >= 11 is 6.23. The number of hydrogen-bond acceptors (Lipinski definition) is 5. The van der Waals surface area contributed by atoms with Crippen molar-refractivity contribution in [1.29, 1.82) is 0 Å². The Morgan fingerprint density at radius 3 is 2.75 bits per heavy atom. The molecule has 0 saturated carbocycles. The second-order valence-electron chi connectivity index (χ2n) is 4.59. The van der Waals surface area contributed by atoms with Crippen LogP contribution in [0.5, 0.6) is 0 Å². The highest BCUT2D eigenvalue weighted by Crippen LogP contribution is 2.35. The van der Waals surface area contributed by atoms with Crippen molar-refractivity contribution < 1.29 is 19.1 Å². The number of thioether (sulfide) groups is 1. The van der Waals surface area contributed by atoms with Crippen molar-refractivity contribution in [2.45, 2.75) is 19.9 Å². The van der Waals surface area contributed by atoms with E-state index in [1.807, 2.05) is 0 Å². The molecule has 1 aromatic rings. The number of furan rings is 1. The first-order chi connectivity index (χ1) is 9.41. The normalized spacial score (nSPS) is 19.1. The van der Waals surface area contributed by atoms with Crippen molar-refractivity contribution in [1.82, 2.24) is 4.90 Å². The molecular weight excluding hydrogens is 298 g/mol. The van der Waals surface area contributed by atoms with Crippen molar-refractivity contribution in [3.8, 4) is 0 Å². The second-order valence-corrected chi connectivity index (χ2v) is 6.27. The molecule has 1 aromatic heterocycles. The maximum absolute atomic E-state index is 12.3. The molecule has 5 nitrogen and oxygen atoms in total. The molecular formula is C13H13NO4S2. The first-order valence-corrected chi connectivity index (χ1v) is 7.17. The third-order valence-electron chi connectivity index (χ3n) is 2.80. The van der Waals surface area contributed by atoms with Gasteiger partial charge in [0, 0.05) is 6.08 Å². The molecule has 1 N–H and O–H groups in total. The van der Waals surface area contributed by atoms with Gasteiger partial charge in [0.2, 0.25) is 0 Å². The monoisotopic (exact) mass is 311 g/mol. The molecule has 0 radical (unpaired) electrons. The SMILES string of the molecule is CC(C)[C@@H](C(=O)O)N1C(=O)C(=Cc2ccco2)SC1=S. The van der Waals surface area contributed by atoms with E-state index in [2.05, 4.69) is 0 Å². The van der Waals surface area contributed by atoms with Gasteiger partial charge in [-0.15, -0.1) is 0 Å². The number of amides is 1. The molecule has 0 aromatic carbocycles. The largest absolute Gasteiger partial charge is 0.480 e. The van der Waals surface area contributed by atoms with Crippen molar-refractivity contribution in [2.75, 3.05) is 0 Å². The van der Waals surface area contributed by atoms with Gasteiger partial charge in [0.15, 0.2) is 0 Å². The minimum Gasteiger partial charge on any atom is -0.480 e. The van der Waals surface area contributed by atoms with Crippen LogP contribution in [0.1, 0.15) is 19.6 Å². The molecule has 0 bridgehead atoms. The van der Waals surface area contributed by atoms with Gasteiger partial charge in [0.05, 0.1) is 11.2 Å². The van der Waals surface area contributed by atoms with Crippen molar-refractivity contribution in [3.63, 3.8) is 0 Å². The fourth-order valence-electron chi connectivity index (χ4n) is 1.92. The Morgan fingerprint density at radius 1 is 1.55 bits per heavy atom. The summed E-state index contributed by atoms with van der Waals surface area (Å²) < 4.78 is 5.41. The summed E-state index contributed by atoms with van der Waals surface area (Å²) in [6.07, 6.45) is 3.07. The van der Waals surface area contributed by atoms with E-state index in [0.717, 1.165) is 11.8 Å². The summed E-state index contributed by atoms with van der Waals surface area (Å²) in [6, 6.07) is 2.47. The standard InChI is InChI=1S/C13H13NO4S2/c1-7(2)10(12(16)17)14-11(15)9(20-13(14)19)6-8-4-3-5-18-8/h3-7,10H,1-2H3,(H,16,17)/t10-/m0/s1. The zero-order valence-electron chi connectivity index (χ0n) is 10.9. The molecule has 7 heteroatoms. The summed E-state index contributed by atoms with van der Waals surface area (Å²) in [7, 11) is 0. The van der Waals surface area contributed by atoms with Gasteiger partial charge in [-0.2, -0.15) is 0 Å². The van der Waals surface area contributed by atoms with E-state index in [9.17, 15) is 14.7 Å². The Balaban J connectivity index is 2.31. The van der Waals surface area contributed by atoms with Gasteiger partial charge in [-0.25, -0.2) is 4.79 Å². The lowest BCUT2D eigenvalue weighted by atomic mass is 10.0. The zero-order valence-corrected chi connectivity index (χ0v) is 12.5. The molecule has 106 valence electrons. The highest BCUT2D eigenvalue weighted by atomic mass is 32.2. The van der Waals surface area contributed by atoms with Crippen LogP contribution in [0.25, 0.3) is 6.08 Å². The smallest absolute Gasteiger partial charge is 0.327 e. The molecule has 1 aliphatic heterocycles. The quantitative estimate of drug-likeness (QED) is 0.681. The molecule has 0 spiro atoms. The lowest BCUT2D eigenvalue weighted by Gasteiger charge is -2.26. The first-order valence-electron chi connectivity index (χ1n) is 5.95. The summed E-state index contributed by atoms with van der Waals surface area (Å²) in [5, 5.41) is 9.28. The summed E-state index contributed by atoms with van der Waals surface area (Å²) in [6.45, 7) is 3.49. The highest BCUT2D eigenvalue weighted by molar-refractivity contribution is 8.26. The number of carboxylic acid groups (broad SMARTS) is 1. The van der Waals surface area contributed by atoms with E-state index in [1.54, 1.807) is 32.1 Å². The topological polar surface area (TPSA) is 70.8 Å². The summed E-state index contributed by atoms with van der Waals surface area (Å²) in [5.74, 6) is -1.16. The van der Waals surface area contributed by atoms with Crippen LogP contribution in [0.4, 0.5) is 0 Å². The molecule has 2 rings (SSSR count). The van der Waals surface area contributed by atoms with Crippen LogP contribution >= 0.6 is 24.0 Å². The van der Waals surface area contributed by atoms with E-state index in [0.29, 0.717) is 10.7 Å². The molecule has 1 atom stereocenters. The molecule has 1 aliphatic rings. The van der Waals surface area contributed by atoms with E-state index in [1.165, 1.54) is 11.2 Å². The van der Waals surface area contributed by atoms with Crippen molar-refractivity contribution in [2.24, 2.45) is 5.92 Å². The Morgan fingerprint density at radius 2 is 2.25 bits per heavy atom. The van der Waals surface area contributed by atoms with Gasteiger partial charge in [-0.1, -0.05) is 37.8 Å². The second kappa shape index (κ2) is 5.80. The number of rotatable bonds is 4. The number of hydrogen-bond donors (Lipinski definition) is 1. The number of nitrogens with zero attached hydrogens (tertiary/aromatic N) is 1. The predicted molar refractivity (Wildman–Crippen MR) is 80.0 cm³/mol. The summed E-state index contributed by atoms with van der Waals surface area (Å²) in [5.41, 5.74) is 0. The van der Waals surface area contributed by atoms with Gasteiger partial charge in [-0.05, 0) is 18.1 Å². The number of carboxylic acids is 1. The molecule has 1 amide bonds. The van der Waals surface area contributed by atoms with Crippen LogP contribution in [0, 0.1) is 5.92 Å². The summed E-state index contributed by atoms with van der Waals surface area (Å²) in [4.78, 5) is 25.2. The number of carbonyl (C=O) groups is 2. The maximum atomic E-state index is 12.3. The van der Waals surface area contributed by atoms with Gasteiger partial charge >= 0.3 is 5.97 Å². The molecule has 1 saturated heterocycles. The molecule has 0 aliphatic carbocycles. The first kappa shape index (κ1) is 14.8. The highest BCUT2D eigenvalue weighted by Gasteiger charge is 2.41. The fraction of sp³-hybridized carbons (Fsp3) is 0.308. The number of thiocarbonyl (C=S) groups is 1. The number of aliphatic carboxylic acids is 1. The average Bonchev–Trinajstić information content (AvgIpc) is 2.93. The predicted octanol–water partition coefficient (Wildman–Crippen LogP) is 2.59. The van der Waals surface area contributed by atoms with E-state index in [-0.39, 0.29) is 10.2 Å². The molecule has 2 heterocycles. The third-order valence-corrected chi connectivity index (χ3v) is 4.13. The Bertz CT molecular complexity index is 577. The van der Waals surface area contributed by atoms with Gasteiger partial charge in [0.1, 0.15) is 16.1 Å². The fourth-order valence-corrected chi connectivity index (χ4v) is 3.23. The van der Waals surface area contributed by atoms with Crippen LogP contribution in [0.15, 0.2) is 27.7 Å². The lowest BCUT2D eigenvalue weighted by Crippen LogP contribution is -2.47. The van der Waals surface area contributed by atoms with Crippen LogP contribution in [-0.4, -0.2) is 32.2 Å². The van der Waals surface area contributed by atoms with Crippen LogP contribution in [-0.2, 0) is 9.59 Å². The Labute approximate surface area is 125 Å². The minimum atomic E-state index is -1.06. The van der Waals surface area contributed by atoms with E-state index >= 15 is 0 Å².